The van der Waals surface area contributed by atoms with Gasteiger partial charge in [0.05, 0.1) is 4.90 Å². The second-order valence-electron chi connectivity index (χ2n) is 7.52. The van der Waals surface area contributed by atoms with Crippen LogP contribution in [0.2, 0.25) is 0 Å². The molecule has 6 heteroatoms. The third-order valence-corrected chi connectivity index (χ3v) is 7.52. The van der Waals surface area contributed by atoms with Crippen molar-refractivity contribution in [3.8, 4) is 0 Å². The predicted octanol–water partition coefficient (Wildman–Crippen LogP) is 2.80. The lowest BCUT2D eigenvalue weighted by Crippen LogP contribution is -2.58. The van der Waals surface area contributed by atoms with Crippen LogP contribution in [0.15, 0.2) is 59.8 Å². The van der Waals surface area contributed by atoms with E-state index < -0.39 is 10.0 Å². The maximum absolute atomic E-state index is 12.6. The summed E-state index contributed by atoms with van der Waals surface area (Å²) in [6.07, 6.45) is 7.84. The van der Waals surface area contributed by atoms with Crippen LogP contribution < -0.4 is 4.72 Å². The molecule has 1 unspecified atom stereocenters. The number of pyridine rings is 1. The molecule has 5 nitrogen and oxygen atoms in total. The van der Waals surface area contributed by atoms with E-state index in [9.17, 15) is 8.42 Å². The van der Waals surface area contributed by atoms with Gasteiger partial charge in [0.2, 0.25) is 10.0 Å². The molecule has 1 aromatic heterocycles. The number of nitrogens with one attached hydrogen (secondary N) is 1. The topological polar surface area (TPSA) is 62.3 Å². The molecule has 138 valence electrons. The first-order valence-corrected chi connectivity index (χ1v) is 10.7. The highest BCUT2D eigenvalue weighted by atomic mass is 32.2. The lowest BCUT2D eigenvalue weighted by molar-refractivity contribution is 0.000698. The van der Waals surface area contributed by atoms with E-state index in [1.54, 1.807) is 24.3 Å². The van der Waals surface area contributed by atoms with Crippen LogP contribution in [-0.2, 0) is 16.6 Å². The monoisotopic (exact) mass is 371 g/mol. The lowest BCUT2D eigenvalue weighted by Gasteiger charge is -2.54. The largest absolute Gasteiger partial charge is 0.299 e. The fraction of sp³-hybridized carbons (Fsp3) is 0.450. The van der Waals surface area contributed by atoms with Crippen LogP contribution in [0, 0.1) is 5.41 Å². The van der Waals surface area contributed by atoms with E-state index in [0.29, 0.717) is 4.90 Å². The van der Waals surface area contributed by atoms with Gasteiger partial charge in [0.1, 0.15) is 0 Å². The zero-order valence-corrected chi connectivity index (χ0v) is 15.7. The number of hydrogen-bond acceptors (Lipinski definition) is 4. The van der Waals surface area contributed by atoms with Crippen molar-refractivity contribution in [3.63, 3.8) is 0 Å². The summed E-state index contributed by atoms with van der Waals surface area (Å²) in [5.41, 5.74) is 1.42. The van der Waals surface area contributed by atoms with Gasteiger partial charge in [0.15, 0.2) is 0 Å². The molecule has 0 amide bonds. The quantitative estimate of drug-likeness (QED) is 0.878. The van der Waals surface area contributed by atoms with E-state index in [1.165, 1.54) is 5.56 Å². The molecule has 1 aromatic carbocycles. The van der Waals surface area contributed by atoms with Gasteiger partial charge >= 0.3 is 0 Å². The molecular weight excluding hydrogens is 346 g/mol. The van der Waals surface area contributed by atoms with Gasteiger partial charge in [-0.25, -0.2) is 13.1 Å². The third kappa shape index (κ3) is 3.54. The van der Waals surface area contributed by atoms with Crippen LogP contribution in [0.3, 0.4) is 0 Å². The van der Waals surface area contributed by atoms with E-state index in [0.717, 1.165) is 45.3 Å². The first-order chi connectivity index (χ1) is 12.6. The molecule has 2 fully saturated rings. The first kappa shape index (κ1) is 17.6. The van der Waals surface area contributed by atoms with Crippen LogP contribution in [-0.4, -0.2) is 37.4 Å². The molecule has 1 saturated heterocycles. The van der Waals surface area contributed by atoms with Gasteiger partial charge in [-0.2, -0.15) is 0 Å². The minimum absolute atomic E-state index is 0.0655. The molecule has 1 N–H and O–H groups in total. The molecule has 1 spiro atoms. The minimum Gasteiger partial charge on any atom is -0.299 e. The van der Waals surface area contributed by atoms with Crippen LogP contribution in [0.4, 0.5) is 0 Å². The average molecular weight is 372 g/mol. The van der Waals surface area contributed by atoms with Crippen molar-refractivity contribution in [2.45, 2.75) is 43.2 Å². The molecule has 1 aliphatic carbocycles. The van der Waals surface area contributed by atoms with Crippen LogP contribution in [0.5, 0.6) is 0 Å². The normalized spacial score (nSPS) is 22.8. The van der Waals surface area contributed by atoms with Crippen molar-refractivity contribution in [1.29, 1.82) is 0 Å². The smallest absolute Gasteiger partial charge is 0.240 e. The number of benzene rings is 1. The summed E-state index contributed by atoms with van der Waals surface area (Å²) in [6, 6.07) is 12.9. The molecule has 0 bridgehead atoms. The Kier molecular flexibility index (Phi) is 4.82. The number of piperidine rings is 1. The van der Waals surface area contributed by atoms with Crippen LogP contribution in [0.1, 0.15) is 31.2 Å². The molecular formula is C20H25N3O2S. The summed E-state index contributed by atoms with van der Waals surface area (Å²) >= 11 is 0. The SMILES string of the molecule is O=S(=O)(NC1CCC12CCN(Cc1ccncc1)CC2)c1ccccc1. The van der Waals surface area contributed by atoms with Crippen molar-refractivity contribution in [1.82, 2.24) is 14.6 Å². The van der Waals surface area contributed by atoms with Crippen molar-refractivity contribution >= 4 is 10.0 Å². The summed E-state index contributed by atoms with van der Waals surface area (Å²) in [6.45, 7) is 2.98. The van der Waals surface area contributed by atoms with Gasteiger partial charge < -0.3 is 0 Å². The van der Waals surface area contributed by atoms with E-state index in [-0.39, 0.29) is 11.5 Å². The average Bonchev–Trinajstić information content (AvgIpc) is 2.68. The molecule has 1 saturated carbocycles. The Bertz CT molecular complexity index is 832. The van der Waals surface area contributed by atoms with Gasteiger partial charge in [-0.3, -0.25) is 9.88 Å². The Morgan fingerprint density at radius 2 is 1.73 bits per heavy atom. The molecule has 2 aliphatic rings. The number of sulfonamides is 1. The van der Waals surface area contributed by atoms with E-state index in [4.69, 9.17) is 0 Å². The molecule has 2 aromatic rings. The lowest BCUT2D eigenvalue weighted by atomic mass is 9.59. The van der Waals surface area contributed by atoms with E-state index >= 15 is 0 Å². The second-order valence-corrected chi connectivity index (χ2v) is 9.23. The van der Waals surface area contributed by atoms with Gasteiger partial charge in [-0.1, -0.05) is 18.2 Å². The summed E-state index contributed by atoms with van der Waals surface area (Å²) in [5, 5.41) is 0. The summed E-state index contributed by atoms with van der Waals surface area (Å²) in [4.78, 5) is 6.89. The number of aromatic nitrogens is 1. The van der Waals surface area contributed by atoms with Gasteiger partial charge in [-0.05, 0) is 74.0 Å². The highest BCUT2D eigenvalue weighted by Gasteiger charge is 2.49. The van der Waals surface area contributed by atoms with Crippen molar-refractivity contribution in [2.24, 2.45) is 5.41 Å². The highest BCUT2D eigenvalue weighted by molar-refractivity contribution is 7.89. The first-order valence-electron chi connectivity index (χ1n) is 9.26. The molecule has 1 atom stereocenters. The Morgan fingerprint density at radius 3 is 2.35 bits per heavy atom. The maximum atomic E-state index is 12.6. The number of hydrogen-bond donors (Lipinski definition) is 1. The zero-order valence-electron chi connectivity index (χ0n) is 14.8. The number of likely N-dealkylation sites (tertiary alicyclic amines) is 1. The van der Waals surface area contributed by atoms with Crippen molar-refractivity contribution in [3.05, 3.63) is 60.4 Å². The molecule has 2 heterocycles. The maximum Gasteiger partial charge on any atom is 0.240 e. The van der Waals surface area contributed by atoms with Crippen LogP contribution in [0.25, 0.3) is 0 Å². The zero-order chi connectivity index (χ0) is 18.0. The van der Waals surface area contributed by atoms with Crippen LogP contribution >= 0.6 is 0 Å². The summed E-state index contributed by atoms with van der Waals surface area (Å²) in [5.74, 6) is 0. The van der Waals surface area contributed by atoms with Gasteiger partial charge in [0, 0.05) is 25.0 Å². The molecule has 1 aliphatic heterocycles. The molecule has 0 radical (unpaired) electrons. The number of nitrogens with zero attached hydrogens (tertiary/aromatic N) is 2. The third-order valence-electron chi connectivity index (χ3n) is 6.03. The Balaban J connectivity index is 1.37. The molecule has 4 rings (SSSR count). The molecule has 26 heavy (non-hydrogen) atoms. The summed E-state index contributed by atoms with van der Waals surface area (Å²) < 4.78 is 28.3. The second kappa shape index (κ2) is 7.10. The fourth-order valence-corrected chi connectivity index (χ4v) is 5.63. The Morgan fingerprint density at radius 1 is 1.04 bits per heavy atom. The standard InChI is InChI=1S/C20H25N3O2S/c24-26(25,18-4-2-1-3-5-18)22-19-6-9-20(19)10-14-23(15-11-20)16-17-7-12-21-13-8-17/h1-5,7-8,12-13,19,22H,6,9-11,14-16H2. The van der Waals surface area contributed by atoms with E-state index in [2.05, 4.69) is 26.7 Å². The Hall–Kier alpha value is -1.76. The highest BCUT2D eigenvalue weighted by Crippen LogP contribution is 2.49. The van der Waals surface area contributed by atoms with Crippen molar-refractivity contribution < 1.29 is 8.42 Å². The summed E-state index contributed by atoms with van der Waals surface area (Å²) in [7, 11) is -3.43. The fourth-order valence-electron chi connectivity index (χ4n) is 4.24. The van der Waals surface area contributed by atoms with Gasteiger partial charge in [-0.15, -0.1) is 0 Å². The predicted molar refractivity (Wildman–Crippen MR) is 101 cm³/mol. The van der Waals surface area contributed by atoms with Crippen molar-refractivity contribution in [2.75, 3.05) is 13.1 Å². The number of rotatable bonds is 5. The Labute approximate surface area is 155 Å². The van der Waals surface area contributed by atoms with E-state index in [1.807, 2.05) is 18.5 Å². The van der Waals surface area contributed by atoms with Gasteiger partial charge in [0.25, 0.3) is 0 Å². The minimum atomic E-state index is -3.43.